The van der Waals surface area contributed by atoms with Gasteiger partial charge in [-0.2, -0.15) is 0 Å². The van der Waals surface area contributed by atoms with Crippen LogP contribution in [0.15, 0.2) is 30.4 Å². The van der Waals surface area contributed by atoms with Gasteiger partial charge in [-0.05, 0) is 48.6 Å². The number of ketones is 1. The maximum atomic E-state index is 11.8. The molecule has 0 aromatic heterocycles. The smallest absolute Gasteiger partial charge is 0.162 e. The van der Waals surface area contributed by atoms with E-state index in [0.717, 1.165) is 17.5 Å². The van der Waals surface area contributed by atoms with Crippen molar-refractivity contribution in [1.82, 2.24) is 0 Å². The molecule has 17 heavy (non-hydrogen) atoms. The number of hydrogen-bond donors (Lipinski definition) is 0. The second-order valence-corrected chi connectivity index (χ2v) is 4.56. The largest absolute Gasteiger partial charge is 0.294 e. The Balaban J connectivity index is 2.48. The van der Waals surface area contributed by atoms with Crippen molar-refractivity contribution in [2.45, 2.75) is 33.6 Å². The number of rotatable bonds is 3. The van der Waals surface area contributed by atoms with Crippen LogP contribution in [0.25, 0.3) is 5.57 Å². The summed E-state index contributed by atoms with van der Waals surface area (Å²) in [6, 6.07) is 4.17. The number of allylic oxidation sites excluding steroid dienone is 4. The zero-order chi connectivity index (χ0) is 12.4. The molecule has 0 radical (unpaired) electrons. The summed E-state index contributed by atoms with van der Waals surface area (Å²) in [5.74, 6) is 0.230. The summed E-state index contributed by atoms with van der Waals surface area (Å²) in [7, 11) is 0. The van der Waals surface area contributed by atoms with Crippen molar-refractivity contribution < 1.29 is 4.79 Å². The topological polar surface area (TPSA) is 17.1 Å². The minimum absolute atomic E-state index is 0.230. The Kier molecular flexibility index (Phi) is 3.28. The zero-order valence-corrected chi connectivity index (χ0v) is 10.7. The number of aryl methyl sites for hydroxylation is 2. The van der Waals surface area contributed by atoms with Crippen LogP contribution in [0.5, 0.6) is 0 Å². The average Bonchev–Trinajstić information content (AvgIpc) is 2.84. The van der Waals surface area contributed by atoms with Crippen LogP contribution in [0.2, 0.25) is 0 Å². The highest BCUT2D eigenvalue weighted by atomic mass is 16.1. The molecular weight excluding hydrogens is 208 g/mol. The Morgan fingerprint density at radius 2 is 2.00 bits per heavy atom. The highest BCUT2D eigenvalue weighted by Crippen LogP contribution is 2.27. The minimum Gasteiger partial charge on any atom is -0.294 e. The Morgan fingerprint density at radius 1 is 1.24 bits per heavy atom. The number of hydrogen-bond acceptors (Lipinski definition) is 1. The van der Waals surface area contributed by atoms with Crippen molar-refractivity contribution in [3.63, 3.8) is 0 Å². The van der Waals surface area contributed by atoms with E-state index >= 15 is 0 Å². The van der Waals surface area contributed by atoms with Crippen molar-refractivity contribution in [2.24, 2.45) is 0 Å². The second kappa shape index (κ2) is 4.70. The standard InChI is InChI=1S/C16H18O/c1-4-16(17)15-10-11(2)14(9-12(15)3)13-7-5-6-8-13/h5,7-10H,4,6H2,1-3H3. The molecule has 0 bridgehead atoms. The Bertz CT molecular complexity index is 519. The first-order valence-electron chi connectivity index (χ1n) is 6.15. The van der Waals surface area contributed by atoms with Crippen molar-refractivity contribution >= 4 is 11.4 Å². The van der Waals surface area contributed by atoms with Gasteiger partial charge in [0.05, 0.1) is 0 Å². The fourth-order valence-electron chi connectivity index (χ4n) is 2.28. The molecule has 0 N–H and O–H groups in total. The number of carbonyl (C=O) groups excluding carboxylic acids is 1. The van der Waals surface area contributed by atoms with Gasteiger partial charge in [0.1, 0.15) is 0 Å². The van der Waals surface area contributed by atoms with E-state index in [0.29, 0.717) is 6.42 Å². The molecule has 0 aliphatic heterocycles. The van der Waals surface area contributed by atoms with Gasteiger partial charge < -0.3 is 0 Å². The first-order valence-corrected chi connectivity index (χ1v) is 6.15. The molecule has 1 aliphatic carbocycles. The summed E-state index contributed by atoms with van der Waals surface area (Å²) in [4.78, 5) is 11.8. The lowest BCUT2D eigenvalue weighted by Gasteiger charge is -2.11. The lowest BCUT2D eigenvalue weighted by atomic mass is 9.93. The lowest BCUT2D eigenvalue weighted by molar-refractivity contribution is 0.0987. The molecule has 0 atom stereocenters. The van der Waals surface area contributed by atoms with Gasteiger partial charge in [0.2, 0.25) is 0 Å². The molecule has 1 nitrogen and oxygen atoms in total. The van der Waals surface area contributed by atoms with E-state index in [1.54, 1.807) is 0 Å². The summed E-state index contributed by atoms with van der Waals surface area (Å²) < 4.78 is 0. The molecule has 0 spiro atoms. The SMILES string of the molecule is CCC(=O)c1cc(C)c(C2=CCC=C2)cc1C. The molecule has 1 aromatic rings. The van der Waals surface area contributed by atoms with Crippen LogP contribution in [0.1, 0.15) is 46.8 Å². The van der Waals surface area contributed by atoms with Crippen molar-refractivity contribution in [2.75, 3.05) is 0 Å². The Labute approximate surface area is 103 Å². The van der Waals surface area contributed by atoms with Gasteiger partial charge in [-0.3, -0.25) is 4.79 Å². The molecule has 0 saturated carbocycles. The molecule has 0 amide bonds. The maximum Gasteiger partial charge on any atom is 0.162 e. The third-order valence-corrected chi connectivity index (χ3v) is 3.28. The van der Waals surface area contributed by atoms with Gasteiger partial charge in [-0.15, -0.1) is 0 Å². The summed E-state index contributed by atoms with van der Waals surface area (Å²) in [5.41, 5.74) is 5.67. The normalized spacial score (nSPS) is 13.9. The van der Waals surface area contributed by atoms with Crippen LogP contribution in [0.4, 0.5) is 0 Å². The number of Topliss-reactive ketones (excluding diaryl/α,β-unsaturated/α-hetero) is 1. The Hall–Kier alpha value is -1.63. The van der Waals surface area contributed by atoms with Crippen LogP contribution in [-0.2, 0) is 0 Å². The van der Waals surface area contributed by atoms with E-state index in [1.165, 1.54) is 16.7 Å². The van der Waals surface area contributed by atoms with Crippen molar-refractivity contribution in [3.05, 3.63) is 52.6 Å². The number of benzene rings is 1. The fraction of sp³-hybridized carbons (Fsp3) is 0.312. The van der Waals surface area contributed by atoms with Crippen LogP contribution in [0, 0.1) is 13.8 Å². The van der Waals surface area contributed by atoms with Crippen molar-refractivity contribution in [3.8, 4) is 0 Å². The molecular formula is C16H18O. The molecule has 0 unspecified atom stereocenters. The molecule has 1 aliphatic rings. The van der Waals surface area contributed by atoms with Gasteiger partial charge >= 0.3 is 0 Å². The molecule has 1 heteroatoms. The van der Waals surface area contributed by atoms with E-state index in [1.807, 2.05) is 19.9 Å². The fourth-order valence-corrected chi connectivity index (χ4v) is 2.28. The van der Waals surface area contributed by atoms with Gasteiger partial charge in [-0.25, -0.2) is 0 Å². The monoisotopic (exact) mass is 226 g/mol. The highest BCUT2D eigenvalue weighted by molar-refractivity contribution is 5.98. The average molecular weight is 226 g/mol. The van der Waals surface area contributed by atoms with Gasteiger partial charge in [0.15, 0.2) is 5.78 Å². The summed E-state index contributed by atoms with van der Waals surface area (Å²) in [5, 5.41) is 0. The second-order valence-electron chi connectivity index (χ2n) is 4.56. The lowest BCUT2D eigenvalue weighted by Crippen LogP contribution is -2.02. The third-order valence-electron chi connectivity index (χ3n) is 3.28. The van der Waals surface area contributed by atoms with Crippen LogP contribution in [-0.4, -0.2) is 5.78 Å². The summed E-state index contributed by atoms with van der Waals surface area (Å²) in [6.45, 7) is 6.01. The quantitative estimate of drug-likeness (QED) is 0.704. The first kappa shape index (κ1) is 11.8. The van der Waals surface area contributed by atoms with E-state index < -0.39 is 0 Å². The van der Waals surface area contributed by atoms with Crippen molar-refractivity contribution in [1.29, 1.82) is 0 Å². The van der Waals surface area contributed by atoms with Crippen LogP contribution in [0.3, 0.4) is 0 Å². The van der Waals surface area contributed by atoms with E-state index in [9.17, 15) is 4.79 Å². The van der Waals surface area contributed by atoms with Gasteiger partial charge in [0.25, 0.3) is 0 Å². The predicted octanol–water partition coefficient (Wildman–Crippen LogP) is 4.24. The number of carbonyl (C=O) groups is 1. The third kappa shape index (κ3) is 2.23. The first-order chi connectivity index (χ1) is 8.13. The summed E-state index contributed by atoms with van der Waals surface area (Å²) >= 11 is 0. The highest BCUT2D eigenvalue weighted by Gasteiger charge is 2.12. The van der Waals surface area contributed by atoms with Gasteiger partial charge in [0, 0.05) is 12.0 Å². The Morgan fingerprint density at radius 3 is 2.59 bits per heavy atom. The van der Waals surface area contributed by atoms with E-state index in [4.69, 9.17) is 0 Å². The van der Waals surface area contributed by atoms with E-state index in [2.05, 4.69) is 31.2 Å². The van der Waals surface area contributed by atoms with E-state index in [-0.39, 0.29) is 5.78 Å². The van der Waals surface area contributed by atoms with Crippen LogP contribution >= 0.6 is 0 Å². The molecule has 2 rings (SSSR count). The van der Waals surface area contributed by atoms with Gasteiger partial charge in [-0.1, -0.05) is 31.2 Å². The molecule has 0 heterocycles. The molecule has 88 valence electrons. The minimum atomic E-state index is 0.230. The molecule has 0 saturated heterocycles. The maximum absolute atomic E-state index is 11.8. The molecule has 1 aromatic carbocycles. The zero-order valence-electron chi connectivity index (χ0n) is 10.7. The summed E-state index contributed by atoms with van der Waals surface area (Å²) in [6.07, 6.45) is 8.13. The molecule has 0 fully saturated rings. The predicted molar refractivity (Wildman–Crippen MR) is 72.3 cm³/mol. The van der Waals surface area contributed by atoms with Crippen LogP contribution < -0.4 is 0 Å².